The number of Topliss-reactive ketones (excluding diaryl/α,β-unsaturated/α-hetero) is 2. The van der Waals surface area contributed by atoms with Crippen LogP contribution in [-0.4, -0.2) is 53.4 Å². The van der Waals surface area contributed by atoms with Gasteiger partial charge in [0.05, 0.1) is 44.9 Å². The van der Waals surface area contributed by atoms with Crippen LogP contribution in [0.15, 0.2) is 41.4 Å². The summed E-state index contributed by atoms with van der Waals surface area (Å²) in [5.74, 6) is -2.86. The molecular weight excluding hydrogens is 611 g/mol. The van der Waals surface area contributed by atoms with Gasteiger partial charge in [0.15, 0.2) is 15.6 Å². The molecule has 13 heteroatoms. The first-order chi connectivity index (χ1) is 19.6. The van der Waals surface area contributed by atoms with Crippen LogP contribution in [0.5, 0.6) is 0 Å². The van der Waals surface area contributed by atoms with Crippen LogP contribution in [0.4, 0.5) is 8.78 Å². The lowest BCUT2D eigenvalue weighted by Gasteiger charge is -2.28. The number of carbonyl (C=O) groups excluding carboxylic acids is 3. The molecule has 1 aliphatic rings. The molecule has 42 heavy (non-hydrogen) atoms. The molecule has 8 nitrogen and oxygen atoms in total. The molecule has 0 aliphatic heterocycles. The van der Waals surface area contributed by atoms with Gasteiger partial charge in [0.25, 0.3) is 5.91 Å². The van der Waals surface area contributed by atoms with E-state index in [1.807, 2.05) is 0 Å². The summed E-state index contributed by atoms with van der Waals surface area (Å²) in [7, 11) is -3.67. The highest BCUT2D eigenvalue weighted by molar-refractivity contribution is 7.90. The molecule has 0 N–H and O–H groups in total. The number of sulfone groups is 1. The van der Waals surface area contributed by atoms with Gasteiger partial charge in [0.2, 0.25) is 0 Å². The van der Waals surface area contributed by atoms with Crippen molar-refractivity contribution < 1.29 is 31.6 Å². The van der Waals surface area contributed by atoms with Crippen molar-refractivity contribution in [1.82, 2.24) is 14.7 Å². The van der Waals surface area contributed by atoms with E-state index in [0.717, 1.165) is 35.4 Å². The van der Waals surface area contributed by atoms with Crippen molar-refractivity contribution in [1.29, 1.82) is 0 Å². The van der Waals surface area contributed by atoms with Gasteiger partial charge >= 0.3 is 0 Å². The molecule has 0 radical (unpaired) electrons. The summed E-state index contributed by atoms with van der Waals surface area (Å²) >= 11 is 12.5. The highest BCUT2D eigenvalue weighted by Gasteiger charge is 2.30. The van der Waals surface area contributed by atoms with Gasteiger partial charge < -0.3 is 4.90 Å². The van der Waals surface area contributed by atoms with Gasteiger partial charge in [0, 0.05) is 30.5 Å². The van der Waals surface area contributed by atoms with Crippen LogP contribution in [0.25, 0.3) is 0 Å². The third kappa shape index (κ3) is 7.07. The minimum Gasteiger partial charge on any atom is -0.326 e. The summed E-state index contributed by atoms with van der Waals surface area (Å²) in [6, 6.07) is 4.98. The van der Waals surface area contributed by atoms with Gasteiger partial charge in [-0.15, -0.1) is 0 Å². The zero-order valence-electron chi connectivity index (χ0n) is 23.2. The number of amides is 1. The van der Waals surface area contributed by atoms with E-state index in [0.29, 0.717) is 37.4 Å². The summed E-state index contributed by atoms with van der Waals surface area (Å²) in [4.78, 5) is 40.0. The molecular formula is C29H29Cl2F2N3O5S. The van der Waals surface area contributed by atoms with Crippen molar-refractivity contribution >= 4 is 50.5 Å². The molecule has 0 atom stereocenters. The van der Waals surface area contributed by atoms with E-state index in [9.17, 15) is 31.6 Å². The summed E-state index contributed by atoms with van der Waals surface area (Å²) in [5.41, 5.74) is 0.648. The molecule has 2 aromatic carbocycles. The van der Waals surface area contributed by atoms with Crippen molar-refractivity contribution in [2.45, 2.75) is 57.0 Å². The lowest BCUT2D eigenvalue weighted by Crippen LogP contribution is -2.36. The molecule has 1 saturated carbocycles. The molecule has 0 saturated heterocycles. The van der Waals surface area contributed by atoms with Crippen LogP contribution in [0, 0.1) is 24.5 Å². The minimum absolute atomic E-state index is 0.0107. The predicted molar refractivity (Wildman–Crippen MR) is 154 cm³/mol. The van der Waals surface area contributed by atoms with Crippen LogP contribution in [-0.2, 0) is 21.2 Å². The summed E-state index contributed by atoms with van der Waals surface area (Å²) in [5, 5.41) is 3.99. The highest BCUT2D eigenvalue weighted by Crippen LogP contribution is 2.34. The SMILES string of the molecule is Cc1c(C(=O)N(CC(=O)c2c(Cl)cc(S(C)(=O)=O)cc2Cl)Cc2cc(F)cc(F)c2)cnn1[C@H]1CC[C@H](C(C)=O)CC1. The van der Waals surface area contributed by atoms with E-state index >= 15 is 0 Å². The van der Waals surface area contributed by atoms with Crippen LogP contribution in [0.2, 0.25) is 10.0 Å². The van der Waals surface area contributed by atoms with E-state index in [-0.39, 0.29) is 55.9 Å². The average Bonchev–Trinajstić information content (AvgIpc) is 3.27. The second-order valence-electron chi connectivity index (χ2n) is 10.6. The maximum absolute atomic E-state index is 14.0. The molecule has 1 fully saturated rings. The third-order valence-corrected chi connectivity index (χ3v) is 9.22. The molecule has 4 rings (SSSR count). The van der Waals surface area contributed by atoms with Crippen LogP contribution in [0.1, 0.15) is 70.6 Å². The summed E-state index contributed by atoms with van der Waals surface area (Å²) in [6.45, 7) is 2.39. The normalized spacial score (nSPS) is 17.2. The molecule has 1 aliphatic carbocycles. The Morgan fingerprint density at radius 1 is 1.00 bits per heavy atom. The number of benzene rings is 2. The molecule has 0 unspecified atom stereocenters. The Labute approximate surface area is 252 Å². The lowest BCUT2D eigenvalue weighted by atomic mass is 9.84. The quantitative estimate of drug-likeness (QED) is 0.265. The third-order valence-electron chi connectivity index (χ3n) is 7.53. The predicted octanol–water partition coefficient (Wildman–Crippen LogP) is 6.03. The molecule has 0 bridgehead atoms. The largest absolute Gasteiger partial charge is 0.326 e. The van der Waals surface area contributed by atoms with Gasteiger partial charge in [0.1, 0.15) is 17.4 Å². The van der Waals surface area contributed by atoms with E-state index < -0.39 is 39.7 Å². The first-order valence-electron chi connectivity index (χ1n) is 13.2. The van der Waals surface area contributed by atoms with Crippen LogP contribution < -0.4 is 0 Å². The number of ketones is 2. The number of halogens is 4. The zero-order valence-corrected chi connectivity index (χ0v) is 25.5. The number of hydrogen-bond donors (Lipinski definition) is 0. The zero-order chi connectivity index (χ0) is 30.9. The summed E-state index contributed by atoms with van der Waals surface area (Å²) < 4.78 is 53.6. The number of rotatable bonds is 9. The summed E-state index contributed by atoms with van der Waals surface area (Å²) in [6.07, 6.45) is 5.21. The molecule has 1 heterocycles. The Morgan fingerprint density at radius 2 is 1.57 bits per heavy atom. The van der Waals surface area contributed by atoms with Crippen molar-refractivity contribution in [2.75, 3.05) is 12.8 Å². The number of nitrogens with zero attached hydrogens (tertiary/aromatic N) is 3. The minimum atomic E-state index is -3.67. The lowest BCUT2D eigenvalue weighted by molar-refractivity contribution is -0.121. The molecule has 1 amide bonds. The van der Waals surface area contributed by atoms with Gasteiger partial charge in [-0.05, 0) is 69.4 Å². The van der Waals surface area contributed by atoms with Crippen molar-refractivity contribution in [2.24, 2.45) is 5.92 Å². The smallest absolute Gasteiger partial charge is 0.258 e. The average molecular weight is 641 g/mol. The van der Waals surface area contributed by atoms with Crippen molar-refractivity contribution in [3.05, 3.63) is 80.6 Å². The number of hydrogen-bond acceptors (Lipinski definition) is 6. The standard InChI is InChI=1S/C29H29Cl2F2N3O5S/c1-16-24(13-34-36(16)22-6-4-19(5-7-22)17(2)37)29(39)35(14-18-8-20(32)10-21(33)9-18)15-27(38)28-25(30)11-23(12-26(28)31)42(3,40)41/h8-13,19,22H,4-7,14-15H2,1-3H3/t19-,22-. The first-order valence-corrected chi connectivity index (χ1v) is 15.8. The Hall–Kier alpha value is -3.15. The highest BCUT2D eigenvalue weighted by atomic mass is 35.5. The Morgan fingerprint density at radius 3 is 2.10 bits per heavy atom. The fourth-order valence-corrected chi connectivity index (χ4v) is 6.79. The Balaban J connectivity index is 1.66. The topological polar surface area (TPSA) is 106 Å². The van der Waals surface area contributed by atoms with Crippen LogP contribution >= 0.6 is 23.2 Å². The van der Waals surface area contributed by atoms with Gasteiger partial charge in [-0.3, -0.25) is 19.1 Å². The molecule has 0 spiro atoms. The van der Waals surface area contributed by atoms with Crippen LogP contribution in [0.3, 0.4) is 0 Å². The Kier molecular flexibility index (Phi) is 9.54. The fourth-order valence-electron chi connectivity index (χ4n) is 5.30. The molecule has 1 aromatic heterocycles. The second kappa shape index (κ2) is 12.6. The van der Waals surface area contributed by atoms with Crippen molar-refractivity contribution in [3.63, 3.8) is 0 Å². The number of aromatic nitrogens is 2. The molecule has 3 aromatic rings. The first kappa shape index (κ1) is 31.8. The molecule has 224 valence electrons. The van der Waals surface area contributed by atoms with Gasteiger partial charge in [-0.2, -0.15) is 5.10 Å². The van der Waals surface area contributed by atoms with Crippen molar-refractivity contribution in [3.8, 4) is 0 Å². The maximum Gasteiger partial charge on any atom is 0.258 e. The van der Waals surface area contributed by atoms with E-state index in [1.165, 1.54) is 6.20 Å². The fraction of sp³-hybridized carbons (Fsp3) is 0.379. The number of carbonyl (C=O) groups is 3. The van der Waals surface area contributed by atoms with Gasteiger partial charge in [-0.25, -0.2) is 17.2 Å². The maximum atomic E-state index is 14.0. The van der Waals surface area contributed by atoms with E-state index in [4.69, 9.17) is 23.2 Å². The monoisotopic (exact) mass is 639 g/mol. The van der Waals surface area contributed by atoms with Gasteiger partial charge in [-0.1, -0.05) is 23.2 Å². The van der Waals surface area contributed by atoms with E-state index in [1.54, 1.807) is 18.5 Å². The second-order valence-corrected chi connectivity index (χ2v) is 13.4. The van der Waals surface area contributed by atoms with E-state index in [2.05, 4.69) is 5.10 Å². The Bertz CT molecular complexity index is 1620.